The lowest BCUT2D eigenvalue weighted by Gasteiger charge is -2.15. The molecule has 0 spiro atoms. The highest BCUT2D eigenvalue weighted by molar-refractivity contribution is 9.10. The Morgan fingerprint density at radius 1 is 1.00 bits per heavy atom. The smallest absolute Gasteiger partial charge is 0.125 e. The van der Waals surface area contributed by atoms with Crippen LogP contribution in [0.3, 0.4) is 0 Å². The lowest BCUT2D eigenvalue weighted by molar-refractivity contribution is 0.317. The molecule has 0 bridgehead atoms. The van der Waals surface area contributed by atoms with Gasteiger partial charge in [0.2, 0.25) is 0 Å². The summed E-state index contributed by atoms with van der Waals surface area (Å²) in [7, 11) is 0. The Labute approximate surface area is 123 Å². The van der Waals surface area contributed by atoms with Crippen molar-refractivity contribution in [1.29, 1.82) is 0 Å². The van der Waals surface area contributed by atoms with Crippen LogP contribution in [-0.4, -0.2) is 6.61 Å². The number of aryl methyl sites for hydroxylation is 1. The standard InChI is InChI=1S/C17H19BrO/c1-12-11-16(18)13(2)14(3)17(12)19-10-9-15-7-5-4-6-8-15/h4-8,11H,9-10H2,1-3H3. The van der Waals surface area contributed by atoms with Crippen LogP contribution in [0.15, 0.2) is 40.9 Å². The maximum Gasteiger partial charge on any atom is 0.125 e. The summed E-state index contributed by atoms with van der Waals surface area (Å²) in [4.78, 5) is 0. The maximum atomic E-state index is 5.99. The number of ether oxygens (including phenoxy) is 1. The fraction of sp³-hybridized carbons (Fsp3) is 0.294. The highest BCUT2D eigenvalue weighted by atomic mass is 79.9. The summed E-state index contributed by atoms with van der Waals surface area (Å²) < 4.78 is 7.14. The molecular weight excluding hydrogens is 300 g/mol. The number of benzene rings is 2. The minimum atomic E-state index is 0.715. The van der Waals surface area contributed by atoms with Gasteiger partial charge in [0.05, 0.1) is 6.61 Å². The molecule has 2 aromatic carbocycles. The molecule has 0 saturated carbocycles. The third-order valence-corrected chi connectivity index (χ3v) is 4.27. The lowest BCUT2D eigenvalue weighted by Crippen LogP contribution is -2.04. The van der Waals surface area contributed by atoms with Gasteiger partial charge in [0, 0.05) is 10.9 Å². The van der Waals surface area contributed by atoms with E-state index in [0.29, 0.717) is 6.61 Å². The van der Waals surface area contributed by atoms with E-state index in [1.807, 2.05) is 6.07 Å². The second kappa shape index (κ2) is 6.25. The molecule has 0 heterocycles. The van der Waals surface area contributed by atoms with Crippen LogP contribution >= 0.6 is 15.9 Å². The second-order valence-corrected chi connectivity index (χ2v) is 5.69. The average Bonchev–Trinajstić information content (AvgIpc) is 2.41. The fourth-order valence-electron chi connectivity index (χ4n) is 2.15. The molecule has 0 aliphatic heterocycles. The van der Waals surface area contributed by atoms with E-state index in [4.69, 9.17) is 4.74 Å². The van der Waals surface area contributed by atoms with Crippen LogP contribution in [0, 0.1) is 20.8 Å². The number of halogens is 1. The number of hydrogen-bond acceptors (Lipinski definition) is 1. The molecule has 2 aromatic rings. The third kappa shape index (κ3) is 3.38. The Morgan fingerprint density at radius 2 is 1.68 bits per heavy atom. The highest BCUT2D eigenvalue weighted by Gasteiger charge is 2.09. The van der Waals surface area contributed by atoms with E-state index in [-0.39, 0.29) is 0 Å². The summed E-state index contributed by atoms with van der Waals surface area (Å²) in [5.74, 6) is 1.02. The molecule has 0 atom stereocenters. The van der Waals surface area contributed by atoms with Gasteiger partial charge in [-0.2, -0.15) is 0 Å². The zero-order valence-corrected chi connectivity index (χ0v) is 13.3. The van der Waals surface area contributed by atoms with Crippen molar-refractivity contribution in [3.63, 3.8) is 0 Å². The van der Waals surface area contributed by atoms with E-state index in [2.05, 4.69) is 67.0 Å². The van der Waals surface area contributed by atoms with Crippen molar-refractivity contribution >= 4 is 15.9 Å². The van der Waals surface area contributed by atoms with E-state index in [1.54, 1.807) is 0 Å². The molecule has 100 valence electrons. The zero-order chi connectivity index (χ0) is 13.8. The highest BCUT2D eigenvalue weighted by Crippen LogP contribution is 2.31. The van der Waals surface area contributed by atoms with Crippen LogP contribution in [0.5, 0.6) is 5.75 Å². The molecule has 0 fully saturated rings. The van der Waals surface area contributed by atoms with Gasteiger partial charge in [0.15, 0.2) is 0 Å². The monoisotopic (exact) mass is 318 g/mol. The van der Waals surface area contributed by atoms with Gasteiger partial charge in [-0.1, -0.05) is 46.3 Å². The van der Waals surface area contributed by atoms with E-state index >= 15 is 0 Å². The van der Waals surface area contributed by atoms with Gasteiger partial charge >= 0.3 is 0 Å². The molecule has 19 heavy (non-hydrogen) atoms. The largest absolute Gasteiger partial charge is 0.493 e. The molecule has 0 amide bonds. The predicted octanol–water partition coefficient (Wildman–Crippen LogP) is 5.00. The van der Waals surface area contributed by atoms with Gasteiger partial charge < -0.3 is 4.74 Å². The first kappa shape index (κ1) is 14.1. The maximum absolute atomic E-state index is 5.99. The van der Waals surface area contributed by atoms with Crippen LogP contribution in [-0.2, 0) is 6.42 Å². The Bertz CT molecular complexity index is 561. The van der Waals surface area contributed by atoms with Crippen molar-refractivity contribution in [3.05, 3.63) is 63.1 Å². The van der Waals surface area contributed by atoms with Gasteiger partial charge in [0.1, 0.15) is 5.75 Å². The first-order valence-electron chi connectivity index (χ1n) is 6.52. The van der Waals surface area contributed by atoms with Crippen molar-refractivity contribution in [1.82, 2.24) is 0 Å². The van der Waals surface area contributed by atoms with Gasteiger partial charge in [-0.3, -0.25) is 0 Å². The van der Waals surface area contributed by atoms with Gasteiger partial charge in [0.25, 0.3) is 0 Å². The Morgan fingerprint density at radius 3 is 2.37 bits per heavy atom. The molecule has 0 aliphatic rings. The van der Waals surface area contributed by atoms with Crippen molar-refractivity contribution in [2.45, 2.75) is 27.2 Å². The SMILES string of the molecule is Cc1cc(Br)c(C)c(C)c1OCCc1ccccc1. The first-order valence-corrected chi connectivity index (χ1v) is 7.32. The Balaban J connectivity index is 2.06. The molecule has 0 saturated heterocycles. The zero-order valence-electron chi connectivity index (χ0n) is 11.7. The first-order chi connectivity index (χ1) is 9.09. The summed E-state index contributed by atoms with van der Waals surface area (Å²) in [6.07, 6.45) is 0.939. The topological polar surface area (TPSA) is 9.23 Å². The summed E-state index contributed by atoms with van der Waals surface area (Å²) in [6, 6.07) is 12.6. The fourth-order valence-corrected chi connectivity index (χ4v) is 2.79. The normalized spacial score (nSPS) is 10.5. The van der Waals surface area contributed by atoms with Crippen LogP contribution in [0.1, 0.15) is 22.3 Å². The molecule has 0 unspecified atom stereocenters. The van der Waals surface area contributed by atoms with Crippen LogP contribution in [0.2, 0.25) is 0 Å². The van der Waals surface area contributed by atoms with E-state index in [1.165, 1.54) is 22.3 Å². The summed E-state index contributed by atoms with van der Waals surface area (Å²) in [6.45, 7) is 7.04. The Hall–Kier alpha value is -1.28. The summed E-state index contributed by atoms with van der Waals surface area (Å²) >= 11 is 3.58. The molecule has 0 radical (unpaired) electrons. The molecular formula is C17H19BrO. The Kier molecular flexibility index (Phi) is 4.65. The quantitative estimate of drug-likeness (QED) is 0.771. The van der Waals surface area contributed by atoms with Crippen molar-refractivity contribution in [2.75, 3.05) is 6.61 Å². The molecule has 0 N–H and O–H groups in total. The van der Waals surface area contributed by atoms with Gasteiger partial charge in [-0.25, -0.2) is 0 Å². The minimum absolute atomic E-state index is 0.715. The summed E-state index contributed by atoms with van der Waals surface area (Å²) in [5, 5.41) is 0. The van der Waals surface area contributed by atoms with Crippen LogP contribution < -0.4 is 4.74 Å². The van der Waals surface area contributed by atoms with E-state index < -0.39 is 0 Å². The van der Waals surface area contributed by atoms with Crippen molar-refractivity contribution in [3.8, 4) is 5.75 Å². The van der Waals surface area contributed by atoms with Crippen molar-refractivity contribution < 1.29 is 4.74 Å². The van der Waals surface area contributed by atoms with E-state index in [0.717, 1.165) is 16.6 Å². The summed E-state index contributed by atoms with van der Waals surface area (Å²) in [5.41, 5.74) is 4.97. The number of hydrogen-bond donors (Lipinski definition) is 0. The van der Waals surface area contributed by atoms with E-state index in [9.17, 15) is 0 Å². The number of rotatable bonds is 4. The molecule has 2 rings (SSSR count). The minimum Gasteiger partial charge on any atom is -0.493 e. The lowest BCUT2D eigenvalue weighted by atomic mass is 10.1. The molecule has 0 aliphatic carbocycles. The van der Waals surface area contributed by atoms with Crippen LogP contribution in [0.25, 0.3) is 0 Å². The second-order valence-electron chi connectivity index (χ2n) is 4.84. The van der Waals surface area contributed by atoms with Gasteiger partial charge in [-0.05, 0) is 49.1 Å². The van der Waals surface area contributed by atoms with Gasteiger partial charge in [-0.15, -0.1) is 0 Å². The average molecular weight is 319 g/mol. The predicted molar refractivity (Wildman–Crippen MR) is 84.0 cm³/mol. The molecule has 2 heteroatoms. The molecule has 1 nitrogen and oxygen atoms in total. The molecule has 0 aromatic heterocycles. The van der Waals surface area contributed by atoms with Crippen molar-refractivity contribution in [2.24, 2.45) is 0 Å². The third-order valence-electron chi connectivity index (χ3n) is 3.44. The van der Waals surface area contributed by atoms with Crippen LogP contribution in [0.4, 0.5) is 0 Å².